The molecule has 0 fully saturated rings. The molecule has 0 spiro atoms. The van der Waals surface area contributed by atoms with Crippen LogP contribution in [0.25, 0.3) is 0 Å². The lowest BCUT2D eigenvalue weighted by Crippen LogP contribution is -2.61. The summed E-state index contributed by atoms with van der Waals surface area (Å²) in [7, 11) is 0. The van der Waals surface area contributed by atoms with Crippen LogP contribution in [0.4, 0.5) is 0 Å². The first-order valence-electron chi connectivity index (χ1n) is 4.19. The van der Waals surface area contributed by atoms with Gasteiger partial charge in [0.1, 0.15) is 11.7 Å². The van der Waals surface area contributed by atoms with Gasteiger partial charge in [-0.25, -0.2) is 0 Å². The quantitative estimate of drug-likeness (QED) is 0.364. The highest BCUT2D eigenvalue weighted by atomic mass is 16.4. The maximum absolute atomic E-state index is 9.69. The summed E-state index contributed by atoms with van der Waals surface area (Å²) < 4.78 is 0. The molecule has 5 N–H and O–H groups in total. The molecule has 0 saturated heterocycles. The molecule has 0 rings (SSSR count). The third-order valence-electron chi connectivity index (χ3n) is 2.27. The fourth-order valence-corrected chi connectivity index (χ4v) is 1.23. The van der Waals surface area contributed by atoms with Gasteiger partial charge in [0.2, 0.25) is 0 Å². The molecule has 0 bridgehead atoms. The Labute approximate surface area is 77.3 Å². The number of aliphatic hydroxyl groups excluding tert-OH is 4. The number of rotatable bonds is 4. The Morgan fingerprint density at radius 1 is 0.846 bits per heavy atom. The predicted molar refractivity (Wildman–Crippen MR) is 46.0 cm³/mol. The van der Waals surface area contributed by atoms with E-state index in [0.29, 0.717) is 0 Å². The minimum absolute atomic E-state index is 1.23. The van der Waals surface area contributed by atoms with Crippen LogP contribution >= 0.6 is 0 Å². The highest BCUT2D eigenvalue weighted by Gasteiger charge is 2.46. The van der Waals surface area contributed by atoms with Crippen molar-refractivity contribution in [2.24, 2.45) is 0 Å². The maximum Gasteiger partial charge on any atom is 0.144 e. The summed E-state index contributed by atoms with van der Waals surface area (Å²) in [5.74, 6) is 0. The standard InChI is InChI=1S/C8H18O5/c1-4(9)7(12)8(13,5(2)10)6(3)11/h4-7,9-13H,1-3H3. The molecule has 0 aliphatic rings. The highest BCUT2D eigenvalue weighted by molar-refractivity contribution is 4.97. The third kappa shape index (κ3) is 2.38. The molecule has 0 aliphatic heterocycles. The van der Waals surface area contributed by atoms with Gasteiger partial charge in [0, 0.05) is 0 Å². The molecule has 0 aromatic heterocycles. The summed E-state index contributed by atoms with van der Waals surface area (Å²) in [6.45, 7) is 3.73. The molecule has 13 heavy (non-hydrogen) atoms. The third-order valence-corrected chi connectivity index (χ3v) is 2.27. The summed E-state index contributed by atoms with van der Waals surface area (Å²) in [4.78, 5) is 0. The molecule has 0 aromatic carbocycles. The second kappa shape index (κ2) is 4.34. The van der Waals surface area contributed by atoms with E-state index in [1.165, 1.54) is 20.8 Å². The van der Waals surface area contributed by atoms with Crippen molar-refractivity contribution in [3.8, 4) is 0 Å². The van der Waals surface area contributed by atoms with Crippen molar-refractivity contribution in [1.82, 2.24) is 0 Å². The molecule has 0 heterocycles. The summed E-state index contributed by atoms with van der Waals surface area (Å²) in [5.41, 5.74) is -2.10. The Hall–Kier alpha value is -0.200. The molecule has 0 aromatic rings. The van der Waals surface area contributed by atoms with Crippen molar-refractivity contribution in [2.45, 2.75) is 50.8 Å². The van der Waals surface area contributed by atoms with Gasteiger partial charge < -0.3 is 25.5 Å². The van der Waals surface area contributed by atoms with Crippen LogP contribution in [0.1, 0.15) is 20.8 Å². The minimum Gasteiger partial charge on any atom is -0.391 e. The van der Waals surface area contributed by atoms with Gasteiger partial charge in [-0.2, -0.15) is 0 Å². The molecule has 0 saturated carbocycles. The lowest BCUT2D eigenvalue weighted by Gasteiger charge is -2.39. The van der Waals surface area contributed by atoms with Crippen molar-refractivity contribution in [3.05, 3.63) is 0 Å². The van der Waals surface area contributed by atoms with Gasteiger partial charge in [0.05, 0.1) is 18.3 Å². The van der Waals surface area contributed by atoms with Crippen molar-refractivity contribution >= 4 is 0 Å². The molecule has 0 amide bonds. The molecule has 80 valence electrons. The lowest BCUT2D eigenvalue weighted by molar-refractivity contribution is -0.211. The molecular weight excluding hydrogens is 176 g/mol. The summed E-state index contributed by atoms with van der Waals surface area (Å²) in [5, 5.41) is 46.4. The molecule has 4 unspecified atom stereocenters. The zero-order valence-corrected chi connectivity index (χ0v) is 8.05. The maximum atomic E-state index is 9.69. The van der Waals surface area contributed by atoms with Gasteiger partial charge in [0.15, 0.2) is 0 Å². The Morgan fingerprint density at radius 3 is 1.23 bits per heavy atom. The van der Waals surface area contributed by atoms with Gasteiger partial charge in [-0.15, -0.1) is 0 Å². The Balaban J connectivity index is 4.79. The number of hydrogen-bond acceptors (Lipinski definition) is 5. The Morgan fingerprint density at radius 2 is 1.15 bits per heavy atom. The van der Waals surface area contributed by atoms with Crippen molar-refractivity contribution < 1.29 is 25.5 Å². The molecule has 5 nitrogen and oxygen atoms in total. The Kier molecular flexibility index (Phi) is 4.28. The van der Waals surface area contributed by atoms with Crippen LogP contribution in [0.5, 0.6) is 0 Å². The van der Waals surface area contributed by atoms with E-state index in [0.717, 1.165) is 0 Å². The van der Waals surface area contributed by atoms with E-state index in [1.54, 1.807) is 0 Å². The van der Waals surface area contributed by atoms with Gasteiger partial charge in [-0.05, 0) is 20.8 Å². The topological polar surface area (TPSA) is 101 Å². The van der Waals surface area contributed by atoms with Crippen molar-refractivity contribution in [3.63, 3.8) is 0 Å². The van der Waals surface area contributed by atoms with Crippen LogP contribution in [-0.2, 0) is 0 Å². The normalized spacial score (nSPS) is 25.8. The number of aliphatic hydroxyl groups is 5. The molecule has 0 aliphatic carbocycles. The summed E-state index contributed by atoms with van der Waals surface area (Å²) in [6, 6.07) is 0. The van der Waals surface area contributed by atoms with E-state index >= 15 is 0 Å². The van der Waals surface area contributed by atoms with E-state index < -0.39 is 30.0 Å². The van der Waals surface area contributed by atoms with Crippen LogP contribution in [0.15, 0.2) is 0 Å². The summed E-state index contributed by atoms with van der Waals surface area (Å²) >= 11 is 0. The van der Waals surface area contributed by atoms with Crippen LogP contribution in [0.2, 0.25) is 0 Å². The highest BCUT2D eigenvalue weighted by Crippen LogP contribution is 2.22. The van der Waals surface area contributed by atoms with Crippen LogP contribution in [0.3, 0.4) is 0 Å². The molecule has 4 atom stereocenters. The fraction of sp³-hybridized carbons (Fsp3) is 1.00. The fourth-order valence-electron chi connectivity index (χ4n) is 1.23. The van der Waals surface area contributed by atoms with E-state index in [4.69, 9.17) is 5.11 Å². The average molecular weight is 194 g/mol. The van der Waals surface area contributed by atoms with Gasteiger partial charge in [-0.1, -0.05) is 0 Å². The van der Waals surface area contributed by atoms with Gasteiger partial charge in [0.25, 0.3) is 0 Å². The second-order valence-corrected chi connectivity index (χ2v) is 3.42. The second-order valence-electron chi connectivity index (χ2n) is 3.42. The van der Waals surface area contributed by atoms with E-state index in [9.17, 15) is 20.4 Å². The van der Waals surface area contributed by atoms with Gasteiger partial charge >= 0.3 is 0 Å². The van der Waals surface area contributed by atoms with E-state index in [1.807, 2.05) is 0 Å². The lowest BCUT2D eigenvalue weighted by atomic mass is 9.84. The first-order chi connectivity index (χ1) is 5.74. The van der Waals surface area contributed by atoms with Crippen LogP contribution in [0, 0.1) is 0 Å². The predicted octanol–water partition coefficient (Wildman–Crippen LogP) is -1.78. The SMILES string of the molecule is CC(O)C(O)C(O)(C(C)O)C(C)O. The molecule has 0 radical (unpaired) electrons. The first kappa shape index (κ1) is 12.8. The first-order valence-corrected chi connectivity index (χ1v) is 4.19. The smallest absolute Gasteiger partial charge is 0.144 e. The van der Waals surface area contributed by atoms with E-state index in [2.05, 4.69) is 0 Å². The van der Waals surface area contributed by atoms with Crippen LogP contribution < -0.4 is 0 Å². The average Bonchev–Trinajstić information content (AvgIpc) is 2.00. The molecule has 5 heteroatoms. The largest absolute Gasteiger partial charge is 0.391 e. The van der Waals surface area contributed by atoms with Gasteiger partial charge in [-0.3, -0.25) is 0 Å². The number of hydrogen-bond donors (Lipinski definition) is 5. The van der Waals surface area contributed by atoms with Crippen molar-refractivity contribution in [1.29, 1.82) is 0 Å². The molecular formula is C8H18O5. The zero-order chi connectivity index (χ0) is 10.8. The monoisotopic (exact) mass is 194 g/mol. The van der Waals surface area contributed by atoms with Crippen LogP contribution in [-0.4, -0.2) is 55.5 Å². The van der Waals surface area contributed by atoms with Crippen molar-refractivity contribution in [2.75, 3.05) is 0 Å². The zero-order valence-electron chi connectivity index (χ0n) is 8.05. The summed E-state index contributed by atoms with van der Waals surface area (Å²) in [6.07, 6.45) is -5.49. The minimum atomic E-state index is -2.10. The Bertz CT molecular complexity index is 147. The van der Waals surface area contributed by atoms with E-state index in [-0.39, 0.29) is 0 Å².